The Labute approximate surface area is 158 Å². The molecule has 0 saturated heterocycles. The van der Waals surface area contributed by atoms with Crippen LogP contribution < -0.4 is 4.74 Å². The highest BCUT2D eigenvalue weighted by Gasteiger charge is 2.22. The fourth-order valence-corrected chi connectivity index (χ4v) is 2.37. The number of nitro groups is 1. The first kappa shape index (κ1) is 22.4. The van der Waals surface area contributed by atoms with E-state index in [2.05, 4.69) is 4.74 Å². The van der Waals surface area contributed by atoms with Crippen LogP contribution >= 0.6 is 0 Å². The van der Waals surface area contributed by atoms with Crippen LogP contribution in [0.25, 0.3) is 0 Å². The number of hydrogen-bond acceptors (Lipinski definition) is 7. The molecule has 27 heavy (non-hydrogen) atoms. The Morgan fingerprint density at radius 3 is 2.48 bits per heavy atom. The predicted octanol–water partition coefficient (Wildman–Crippen LogP) is 2.42. The van der Waals surface area contributed by atoms with Crippen molar-refractivity contribution in [2.75, 3.05) is 33.9 Å². The number of nitrogens with zero attached hydrogens (tertiary/aromatic N) is 2. The van der Waals surface area contributed by atoms with Crippen molar-refractivity contribution in [3.8, 4) is 5.75 Å². The van der Waals surface area contributed by atoms with Crippen LogP contribution in [0.15, 0.2) is 18.2 Å². The molecule has 1 aromatic rings. The van der Waals surface area contributed by atoms with E-state index in [-0.39, 0.29) is 36.1 Å². The number of ether oxygens (including phenoxy) is 3. The van der Waals surface area contributed by atoms with Gasteiger partial charge in [0.2, 0.25) is 0 Å². The molecule has 0 radical (unpaired) electrons. The molecule has 0 bridgehead atoms. The molecule has 1 aromatic carbocycles. The molecule has 0 unspecified atom stereocenters. The number of methoxy groups -OCH3 is 2. The minimum absolute atomic E-state index is 0.0333. The van der Waals surface area contributed by atoms with Gasteiger partial charge in [-0.3, -0.25) is 19.7 Å². The SMILES string of the molecule is COC(=O)CCN(CCCOC(C)C)C(=O)c1ccc(OC)c([N+](=O)[O-])c1. The van der Waals surface area contributed by atoms with Gasteiger partial charge in [0.15, 0.2) is 5.75 Å². The van der Waals surface area contributed by atoms with Gasteiger partial charge in [0.25, 0.3) is 5.91 Å². The zero-order valence-electron chi connectivity index (χ0n) is 16.1. The Morgan fingerprint density at radius 2 is 1.93 bits per heavy atom. The van der Waals surface area contributed by atoms with Crippen molar-refractivity contribution < 1.29 is 28.7 Å². The van der Waals surface area contributed by atoms with Gasteiger partial charge in [-0.15, -0.1) is 0 Å². The Bertz CT molecular complexity index is 661. The minimum atomic E-state index is -0.606. The molecule has 0 spiro atoms. The molecule has 150 valence electrons. The van der Waals surface area contributed by atoms with Crippen LogP contribution in [0.1, 0.15) is 37.0 Å². The van der Waals surface area contributed by atoms with E-state index in [1.165, 1.54) is 37.3 Å². The molecule has 1 amide bonds. The quantitative estimate of drug-likeness (QED) is 0.250. The molecule has 0 fully saturated rings. The Kier molecular flexibility index (Phi) is 9.21. The highest BCUT2D eigenvalue weighted by molar-refractivity contribution is 5.95. The lowest BCUT2D eigenvalue weighted by atomic mass is 10.1. The molecule has 0 N–H and O–H groups in total. The number of carbonyl (C=O) groups excluding carboxylic acids is 2. The summed E-state index contributed by atoms with van der Waals surface area (Å²) in [5.41, 5.74) is -0.142. The van der Waals surface area contributed by atoms with Crippen molar-refractivity contribution in [2.24, 2.45) is 0 Å². The maximum absolute atomic E-state index is 12.8. The van der Waals surface area contributed by atoms with Gasteiger partial charge in [0.05, 0.1) is 31.7 Å². The number of amides is 1. The molecule has 0 saturated carbocycles. The smallest absolute Gasteiger partial charge is 0.311 e. The summed E-state index contributed by atoms with van der Waals surface area (Å²) in [4.78, 5) is 36.3. The van der Waals surface area contributed by atoms with Crippen LogP contribution in [0.3, 0.4) is 0 Å². The summed E-state index contributed by atoms with van der Waals surface area (Å²) in [5.74, 6) is -0.774. The summed E-state index contributed by atoms with van der Waals surface area (Å²) in [5, 5.41) is 11.2. The molecule has 1 rings (SSSR count). The van der Waals surface area contributed by atoms with E-state index in [0.717, 1.165) is 0 Å². The van der Waals surface area contributed by atoms with Crippen molar-refractivity contribution in [1.82, 2.24) is 4.90 Å². The van der Waals surface area contributed by atoms with Crippen LogP contribution in [-0.4, -0.2) is 61.7 Å². The first-order valence-electron chi connectivity index (χ1n) is 8.60. The third-order valence-corrected chi connectivity index (χ3v) is 3.75. The fraction of sp³-hybridized carbons (Fsp3) is 0.556. The summed E-state index contributed by atoms with van der Waals surface area (Å²) in [6, 6.07) is 4.02. The monoisotopic (exact) mass is 382 g/mol. The van der Waals surface area contributed by atoms with Gasteiger partial charge < -0.3 is 19.1 Å². The molecular weight excluding hydrogens is 356 g/mol. The molecule has 0 atom stereocenters. The van der Waals surface area contributed by atoms with Gasteiger partial charge in [-0.2, -0.15) is 0 Å². The Hall–Kier alpha value is -2.68. The molecule has 9 heteroatoms. The third kappa shape index (κ3) is 7.22. The van der Waals surface area contributed by atoms with Crippen LogP contribution in [0.2, 0.25) is 0 Å². The number of rotatable bonds is 11. The Balaban J connectivity index is 2.94. The zero-order chi connectivity index (χ0) is 20.4. The molecule has 0 aliphatic carbocycles. The van der Waals surface area contributed by atoms with E-state index in [0.29, 0.717) is 19.6 Å². The normalized spacial score (nSPS) is 10.6. The molecule has 0 aliphatic heterocycles. The molecule has 0 heterocycles. The minimum Gasteiger partial charge on any atom is -0.490 e. The highest BCUT2D eigenvalue weighted by Crippen LogP contribution is 2.28. The predicted molar refractivity (Wildman–Crippen MR) is 97.9 cm³/mol. The van der Waals surface area contributed by atoms with Gasteiger partial charge in [-0.05, 0) is 32.4 Å². The van der Waals surface area contributed by atoms with E-state index in [1.54, 1.807) is 0 Å². The standard InChI is InChI=1S/C18H26N2O7/c1-13(2)27-11-5-9-19(10-8-17(21)26-4)18(22)14-6-7-16(25-3)15(12-14)20(23)24/h6-7,12-13H,5,8-11H2,1-4H3. The average Bonchev–Trinajstić information content (AvgIpc) is 2.65. The number of hydrogen-bond donors (Lipinski definition) is 0. The zero-order valence-corrected chi connectivity index (χ0v) is 16.1. The molecule has 9 nitrogen and oxygen atoms in total. The summed E-state index contributed by atoms with van der Waals surface area (Å²) in [6.07, 6.45) is 0.683. The highest BCUT2D eigenvalue weighted by atomic mass is 16.6. The lowest BCUT2D eigenvalue weighted by molar-refractivity contribution is -0.385. The van der Waals surface area contributed by atoms with Crippen molar-refractivity contribution in [3.63, 3.8) is 0 Å². The molecular formula is C18H26N2O7. The van der Waals surface area contributed by atoms with Crippen LogP contribution in [-0.2, 0) is 14.3 Å². The van der Waals surface area contributed by atoms with E-state index < -0.39 is 16.8 Å². The first-order valence-corrected chi connectivity index (χ1v) is 8.60. The van der Waals surface area contributed by atoms with E-state index in [1.807, 2.05) is 13.8 Å². The van der Waals surface area contributed by atoms with Crippen LogP contribution in [0, 0.1) is 10.1 Å². The van der Waals surface area contributed by atoms with Crippen LogP contribution in [0.4, 0.5) is 5.69 Å². The van der Waals surface area contributed by atoms with E-state index in [4.69, 9.17) is 9.47 Å². The summed E-state index contributed by atoms with van der Waals surface area (Å²) in [7, 11) is 2.60. The number of esters is 1. The third-order valence-electron chi connectivity index (χ3n) is 3.75. The second-order valence-corrected chi connectivity index (χ2v) is 6.04. The van der Waals surface area contributed by atoms with Gasteiger partial charge in [-0.1, -0.05) is 0 Å². The van der Waals surface area contributed by atoms with Gasteiger partial charge in [0, 0.05) is 31.3 Å². The van der Waals surface area contributed by atoms with Crippen molar-refractivity contribution >= 4 is 17.6 Å². The second kappa shape index (κ2) is 11.1. The molecule has 0 aromatic heterocycles. The number of benzene rings is 1. The first-order chi connectivity index (χ1) is 12.8. The van der Waals surface area contributed by atoms with Crippen LogP contribution in [0.5, 0.6) is 5.75 Å². The number of carbonyl (C=O) groups is 2. The topological polar surface area (TPSA) is 108 Å². The Morgan fingerprint density at radius 1 is 1.22 bits per heavy atom. The largest absolute Gasteiger partial charge is 0.490 e. The lowest BCUT2D eigenvalue weighted by Gasteiger charge is -2.22. The van der Waals surface area contributed by atoms with Crippen molar-refractivity contribution in [3.05, 3.63) is 33.9 Å². The second-order valence-electron chi connectivity index (χ2n) is 6.04. The number of nitro benzene ring substituents is 1. The van der Waals surface area contributed by atoms with Gasteiger partial charge >= 0.3 is 11.7 Å². The fourth-order valence-electron chi connectivity index (χ4n) is 2.37. The lowest BCUT2D eigenvalue weighted by Crippen LogP contribution is -2.34. The van der Waals surface area contributed by atoms with E-state index in [9.17, 15) is 19.7 Å². The maximum atomic E-state index is 12.8. The maximum Gasteiger partial charge on any atom is 0.311 e. The average molecular weight is 382 g/mol. The summed E-state index contributed by atoms with van der Waals surface area (Å²) < 4.78 is 15.0. The summed E-state index contributed by atoms with van der Waals surface area (Å²) >= 11 is 0. The van der Waals surface area contributed by atoms with Gasteiger partial charge in [-0.25, -0.2) is 0 Å². The van der Waals surface area contributed by atoms with Gasteiger partial charge in [0.1, 0.15) is 0 Å². The van der Waals surface area contributed by atoms with Crippen molar-refractivity contribution in [1.29, 1.82) is 0 Å². The molecule has 0 aliphatic rings. The summed E-state index contributed by atoms with van der Waals surface area (Å²) in [6.45, 7) is 4.78. The van der Waals surface area contributed by atoms with Crippen molar-refractivity contribution in [2.45, 2.75) is 32.8 Å². The van der Waals surface area contributed by atoms with E-state index >= 15 is 0 Å².